The van der Waals surface area contributed by atoms with E-state index in [-0.39, 0.29) is 0 Å². The Labute approximate surface area is 124 Å². The van der Waals surface area contributed by atoms with Gasteiger partial charge in [-0.3, -0.25) is 0 Å². The Morgan fingerprint density at radius 3 is 2.50 bits per heavy atom. The highest BCUT2D eigenvalue weighted by Crippen LogP contribution is 2.27. The van der Waals surface area contributed by atoms with Crippen molar-refractivity contribution < 1.29 is 0 Å². The molecule has 0 heterocycles. The molecule has 0 aromatic heterocycles. The fraction of sp³-hybridized carbons (Fsp3) is 0.684. The minimum absolute atomic E-state index is 0.758. The van der Waals surface area contributed by atoms with Gasteiger partial charge in [0.15, 0.2) is 0 Å². The molecule has 0 radical (unpaired) electrons. The molecule has 0 saturated heterocycles. The van der Waals surface area contributed by atoms with Gasteiger partial charge >= 0.3 is 0 Å². The van der Waals surface area contributed by atoms with Crippen LogP contribution in [0.25, 0.3) is 0 Å². The first-order chi connectivity index (χ1) is 9.85. The zero-order chi connectivity index (χ0) is 13.8. The molecule has 0 amide bonds. The first-order valence-corrected chi connectivity index (χ1v) is 8.69. The van der Waals surface area contributed by atoms with E-state index in [1.165, 1.54) is 63.4 Å². The molecule has 110 valence electrons. The van der Waals surface area contributed by atoms with Crippen LogP contribution in [0.15, 0.2) is 18.2 Å². The molecule has 1 aromatic rings. The summed E-state index contributed by atoms with van der Waals surface area (Å²) >= 11 is 0. The summed E-state index contributed by atoms with van der Waals surface area (Å²) in [6.07, 6.45) is 12.3. The van der Waals surface area contributed by atoms with Crippen molar-refractivity contribution >= 4 is 0 Å². The van der Waals surface area contributed by atoms with E-state index in [0.29, 0.717) is 0 Å². The Balaban J connectivity index is 1.51. The number of hydrogen-bond donors (Lipinski definition) is 1. The summed E-state index contributed by atoms with van der Waals surface area (Å²) in [5.74, 6) is 0.997. The van der Waals surface area contributed by atoms with Gasteiger partial charge in [0.1, 0.15) is 0 Å². The normalized spacial score (nSPS) is 26.2. The van der Waals surface area contributed by atoms with Crippen LogP contribution in [-0.4, -0.2) is 6.04 Å². The van der Waals surface area contributed by atoms with Crippen LogP contribution in [0.5, 0.6) is 0 Å². The van der Waals surface area contributed by atoms with E-state index in [0.717, 1.165) is 18.5 Å². The van der Waals surface area contributed by atoms with Crippen LogP contribution in [0.3, 0.4) is 0 Å². The van der Waals surface area contributed by atoms with Crippen LogP contribution >= 0.6 is 0 Å². The molecule has 1 saturated carbocycles. The largest absolute Gasteiger partial charge is 0.310 e. The van der Waals surface area contributed by atoms with Crippen molar-refractivity contribution in [1.29, 1.82) is 0 Å². The Bertz CT molecular complexity index is 429. The molecule has 0 bridgehead atoms. The predicted octanol–water partition coefficient (Wildman–Crippen LogP) is 4.62. The van der Waals surface area contributed by atoms with Gasteiger partial charge in [0, 0.05) is 12.6 Å². The highest BCUT2D eigenvalue weighted by Gasteiger charge is 2.19. The molecule has 0 spiro atoms. The second-order valence-corrected chi connectivity index (χ2v) is 6.82. The van der Waals surface area contributed by atoms with E-state index in [1.807, 2.05) is 0 Å². The molecule has 1 heteroatoms. The van der Waals surface area contributed by atoms with Gasteiger partial charge in [-0.25, -0.2) is 0 Å². The third-order valence-corrected chi connectivity index (χ3v) is 5.43. The molecule has 1 nitrogen and oxygen atoms in total. The molecule has 0 unspecified atom stereocenters. The SMILES string of the molecule is CCC1CCC(NCc2ccc3c(c2)CCCC3)CC1. The summed E-state index contributed by atoms with van der Waals surface area (Å²) in [6.45, 7) is 3.40. The quantitative estimate of drug-likeness (QED) is 0.842. The maximum absolute atomic E-state index is 3.79. The highest BCUT2D eigenvalue weighted by molar-refractivity contribution is 5.33. The first kappa shape index (κ1) is 14.1. The van der Waals surface area contributed by atoms with Gasteiger partial charge in [-0.15, -0.1) is 0 Å². The smallest absolute Gasteiger partial charge is 0.0208 e. The molecule has 2 aliphatic carbocycles. The van der Waals surface area contributed by atoms with Crippen LogP contribution < -0.4 is 5.32 Å². The van der Waals surface area contributed by atoms with E-state index in [9.17, 15) is 0 Å². The second kappa shape index (κ2) is 6.76. The van der Waals surface area contributed by atoms with Crippen molar-refractivity contribution in [1.82, 2.24) is 5.32 Å². The summed E-state index contributed by atoms with van der Waals surface area (Å²) in [4.78, 5) is 0. The van der Waals surface area contributed by atoms with E-state index < -0.39 is 0 Å². The van der Waals surface area contributed by atoms with Gasteiger partial charge in [0.2, 0.25) is 0 Å². The Kier molecular flexibility index (Phi) is 4.77. The Hall–Kier alpha value is -0.820. The van der Waals surface area contributed by atoms with Crippen molar-refractivity contribution in [2.75, 3.05) is 0 Å². The van der Waals surface area contributed by atoms with Gasteiger partial charge in [0.25, 0.3) is 0 Å². The van der Waals surface area contributed by atoms with Gasteiger partial charge in [-0.2, -0.15) is 0 Å². The number of aryl methyl sites for hydroxylation is 2. The summed E-state index contributed by atoms with van der Waals surface area (Å²) in [5, 5.41) is 3.79. The van der Waals surface area contributed by atoms with Crippen molar-refractivity contribution in [2.24, 2.45) is 5.92 Å². The minimum atomic E-state index is 0.758. The summed E-state index contributed by atoms with van der Waals surface area (Å²) < 4.78 is 0. The van der Waals surface area contributed by atoms with Gasteiger partial charge in [0.05, 0.1) is 0 Å². The number of benzene rings is 1. The van der Waals surface area contributed by atoms with Crippen LogP contribution in [0.4, 0.5) is 0 Å². The standard InChI is InChI=1S/C19H29N/c1-2-15-8-11-19(12-9-15)20-14-16-7-10-17-5-3-4-6-18(17)13-16/h7,10,13,15,19-20H,2-6,8-9,11-12,14H2,1H3. The second-order valence-electron chi connectivity index (χ2n) is 6.82. The molecule has 1 aromatic carbocycles. The molecular formula is C19H29N. The summed E-state index contributed by atoms with van der Waals surface area (Å²) in [6, 6.07) is 7.93. The van der Waals surface area contributed by atoms with Gasteiger partial charge < -0.3 is 5.32 Å². The summed E-state index contributed by atoms with van der Waals surface area (Å²) in [5.41, 5.74) is 4.71. The maximum Gasteiger partial charge on any atom is 0.0208 e. The fourth-order valence-corrected chi connectivity index (χ4v) is 3.93. The highest BCUT2D eigenvalue weighted by atomic mass is 14.9. The van der Waals surface area contributed by atoms with Crippen LogP contribution in [0.2, 0.25) is 0 Å². The molecule has 2 aliphatic rings. The number of nitrogens with one attached hydrogen (secondary N) is 1. The number of rotatable bonds is 4. The van der Waals surface area contributed by atoms with Gasteiger partial charge in [-0.1, -0.05) is 31.5 Å². The van der Waals surface area contributed by atoms with Crippen molar-refractivity contribution in [3.63, 3.8) is 0 Å². The lowest BCUT2D eigenvalue weighted by Gasteiger charge is -2.28. The average Bonchev–Trinajstić information content (AvgIpc) is 2.53. The maximum atomic E-state index is 3.79. The monoisotopic (exact) mass is 271 g/mol. The van der Waals surface area contributed by atoms with Gasteiger partial charge in [-0.05, 0) is 74.0 Å². The van der Waals surface area contributed by atoms with Crippen LogP contribution in [0.1, 0.15) is 68.6 Å². The third-order valence-electron chi connectivity index (χ3n) is 5.43. The first-order valence-electron chi connectivity index (χ1n) is 8.69. The molecule has 1 fully saturated rings. The lowest BCUT2D eigenvalue weighted by molar-refractivity contribution is 0.285. The van der Waals surface area contributed by atoms with E-state index in [2.05, 4.69) is 30.4 Å². The average molecular weight is 271 g/mol. The number of fused-ring (bicyclic) bond motifs is 1. The van der Waals surface area contributed by atoms with Crippen molar-refractivity contribution in [3.8, 4) is 0 Å². The molecular weight excluding hydrogens is 242 g/mol. The lowest BCUT2D eigenvalue weighted by atomic mass is 9.84. The zero-order valence-electron chi connectivity index (χ0n) is 13.0. The topological polar surface area (TPSA) is 12.0 Å². The lowest BCUT2D eigenvalue weighted by Crippen LogP contribution is -2.32. The van der Waals surface area contributed by atoms with E-state index in [1.54, 1.807) is 11.1 Å². The number of hydrogen-bond acceptors (Lipinski definition) is 1. The fourth-order valence-electron chi connectivity index (χ4n) is 3.93. The Morgan fingerprint density at radius 1 is 1.00 bits per heavy atom. The predicted molar refractivity (Wildman–Crippen MR) is 86.0 cm³/mol. The van der Waals surface area contributed by atoms with Crippen LogP contribution in [0, 0.1) is 5.92 Å². The molecule has 0 aliphatic heterocycles. The molecule has 3 rings (SSSR count). The molecule has 1 N–H and O–H groups in total. The Morgan fingerprint density at radius 2 is 1.75 bits per heavy atom. The van der Waals surface area contributed by atoms with Crippen LogP contribution in [-0.2, 0) is 19.4 Å². The molecule has 0 atom stereocenters. The minimum Gasteiger partial charge on any atom is -0.310 e. The van der Waals surface area contributed by atoms with Crippen molar-refractivity contribution in [2.45, 2.75) is 77.3 Å². The van der Waals surface area contributed by atoms with Crippen molar-refractivity contribution in [3.05, 3.63) is 34.9 Å². The third kappa shape index (κ3) is 3.44. The van der Waals surface area contributed by atoms with E-state index >= 15 is 0 Å². The zero-order valence-corrected chi connectivity index (χ0v) is 13.0. The molecule has 20 heavy (non-hydrogen) atoms. The van der Waals surface area contributed by atoms with E-state index in [4.69, 9.17) is 0 Å². The summed E-state index contributed by atoms with van der Waals surface area (Å²) in [7, 11) is 0.